The van der Waals surface area contributed by atoms with E-state index < -0.39 is 28.3 Å². The zero-order chi connectivity index (χ0) is 20.0. The summed E-state index contributed by atoms with van der Waals surface area (Å²) in [5, 5.41) is 2.34. The zero-order valence-corrected chi connectivity index (χ0v) is 16.5. The standard InChI is InChI=1S/C18H20ClFN2O4S/c1-3-10-22(27(24,25)13-8-9-15(20)14(19)11-13)12-18(23)21-16-6-4-5-7-17(16)26-2/h4-9,11H,3,10,12H2,1-2H3,(H,21,23). The molecular weight excluding hydrogens is 395 g/mol. The van der Waals surface area contributed by atoms with Gasteiger partial charge >= 0.3 is 0 Å². The number of sulfonamides is 1. The summed E-state index contributed by atoms with van der Waals surface area (Å²) >= 11 is 5.70. The third-order valence-corrected chi connectivity index (χ3v) is 5.83. The molecule has 0 unspecified atom stereocenters. The molecule has 0 aromatic heterocycles. The summed E-state index contributed by atoms with van der Waals surface area (Å²) in [6.07, 6.45) is 0.496. The van der Waals surface area contributed by atoms with E-state index in [1.807, 2.05) is 0 Å². The van der Waals surface area contributed by atoms with Gasteiger partial charge in [-0.3, -0.25) is 4.79 Å². The van der Waals surface area contributed by atoms with Crippen molar-refractivity contribution >= 4 is 33.2 Å². The topological polar surface area (TPSA) is 75.7 Å². The quantitative estimate of drug-likeness (QED) is 0.717. The first-order valence-electron chi connectivity index (χ1n) is 8.17. The molecule has 0 aliphatic carbocycles. The predicted octanol–water partition coefficient (Wildman–Crippen LogP) is 3.53. The first-order chi connectivity index (χ1) is 12.8. The molecule has 0 atom stereocenters. The molecule has 9 heteroatoms. The lowest BCUT2D eigenvalue weighted by molar-refractivity contribution is -0.116. The van der Waals surface area contributed by atoms with E-state index in [0.29, 0.717) is 17.9 Å². The Morgan fingerprint density at radius 3 is 2.59 bits per heavy atom. The van der Waals surface area contributed by atoms with Crippen molar-refractivity contribution in [2.24, 2.45) is 0 Å². The predicted molar refractivity (Wildman–Crippen MR) is 102 cm³/mol. The summed E-state index contributed by atoms with van der Waals surface area (Å²) in [6, 6.07) is 9.93. The van der Waals surface area contributed by atoms with Gasteiger partial charge in [-0.05, 0) is 36.8 Å². The number of anilines is 1. The third-order valence-electron chi connectivity index (χ3n) is 3.70. The van der Waals surface area contributed by atoms with Crippen molar-refractivity contribution in [2.75, 3.05) is 25.5 Å². The van der Waals surface area contributed by atoms with Crippen LogP contribution in [0.1, 0.15) is 13.3 Å². The molecule has 1 N–H and O–H groups in total. The first-order valence-corrected chi connectivity index (χ1v) is 9.99. The van der Waals surface area contributed by atoms with Gasteiger partial charge < -0.3 is 10.1 Å². The summed E-state index contributed by atoms with van der Waals surface area (Å²) in [5.41, 5.74) is 0.434. The van der Waals surface area contributed by atoms with Crippen LogP contribution in [-0.4, -0.2) is 38.8 Å². The fourth-order valence-corrected chi connectivity index (χ4v) is 4.18. The van der Waals surface area contributed by atoms with Crippen LogP contribution in [0, 0.1) is 5.82 Å². The second-order valence-electron chi connectivity index (χ2n) is 5.66. The average molecular weight is 415 g/mol. The first kappa shape index (κ1) is 21.1. The van der Waals surface area contributed by atoms with Crippen LogP contribution in [0.2, 0.25) is 5.02 Å². The fourth-order valence-electron chi connectivity index (χ4n) is 2.42. The van der Waals surface area contributed by atoms with Gasteiger partial charge in [0, 0.05) is 6.54 Å². The van der Waals surface area contributed by atoms with Crippen molar-refractivity contribution in [3.8, 4) is 5.75 Å². The third kappa shape index (κ3) is 5.18. The molecule has 0 saturated heterocycles. The van der Waals surface area contributed by atoms with Crippen molar-refractivity contribution in [3.63, 3.8) is 0 Å². The Kier molecular flexibility index (Phi) is 7.18. The lowest BCUT2D eigenvalue weighted by Crippen LogP contribution is -2.38. The summed E-state index contributed by atoms with van der Waals surface area (Å²) in [7, 11) is -2.55. The number of para-hydroxylation sites is 2. The number of hydrogen-bond acceptors (Lipinski definition) is 4. The SMILES string of the molecule is CCCN(CC(=O)Nc1ccccc1OC)S(=O)(=O)c1ccc(F)c(Cl)c1. The average Bonchev–Trinajstić information content (AvgIpc) is 2.64. The van der Waals surface area contributed by atoms with E-state index in [-0.39, 0.29) is 16.5 Å². The highest BCUT2D eigenvalue weighted by Gasteiger charge is 2.27. The van der Waals surface area contributed by atoms with E-state index in [2.05, 4.69) is 5.32 Å². The molecule has 2 aromatic rings. The lowest BCUT2D eigenvalue weighted by atomic mass is 10.3. The molecule has 1 amide bonds. The maximum Gasteiger partial charge on any atom is 0.243 e. The molecule has 0 radical (unpaired) electrons. The van der Waals surface area contributed by atoms with Crippen LogP contribution in [0.25, 0.3) is 0 Å². The number of carbonyl (C=O) groups is 1. The van der Waals surface area contributed by atoms with Crippen molar-refractivity contribution in [3.05, 3.63) is 53.3 Å². The largest absolute Gasteiger partial charge is 0.495 e. The fraction of sp³-hybridized carbons (Fsp3) is 0.278. The minimum absolute atomic E-state index is 0.122. The molecule has 0 fully saturated rings. The second-order valence-corrected chi connectivity index (χ2v) is 8.01. The number of hydrogen-bond donors (Lipinski definition) is 1. The minimum Gasteiger partial charge on any atom is -0.495 e. The Hall–Kier alpha value is -2.16. The Balaban J connectivity index is 2.23. The Bertz CT molecular complexity index is 921. The van der Waals surface area contributed by atoms with Gasteiger partial charge in [0.2, 0.25) is 15.9 Å². The molecule has 0 bridgehead atoms. The summed E-state index contributed by atoms with van der Waals surface area (Å²) in [5.74, 6) is -0.780. The number of rotatable bonds is 8. The van der Waals surface area contributed by atoms with Gasteiger partial charge in [0.15, 0.2) is 0 Å². The van der Waals surface area contributed by atoms with E-state index in [0.717, 1.165) is 22.5 Å². The number of ether oxygens (including phenoxy) is 1. The highest BCUT2D eigenvalue weighted by atomic mass is 35.5. The number of nitrogens with one attached hydrogen (secondary N) is 1. The highest BCUT2D eigenvalue weighted by molar-refractivity contribution is 7.89. The lowest BCUT2D eigenvalue weighted by Gasteiger charge is -2.21. The van der Waals surface area contributed by atoms with Gasteiger partial charge in [-0.1, -0.05) is 30.7 Å². The van der Waals surface area contributed by atoms with Crippen LogP contribution in [0.4, 0.5) is 10.1 Å². The van der Waals surface area contributed by atoms with Gasteiger partial charge in [-0.2, -0.15) is 4.31 Å². The Morgan fingerprint density at radius 1 is 1.26 bits per heavy atom. The summed E-state index contributed by atoms with van der Waals surface area (Å²) < 4.78 is 45.2. The molecule has 0 spiro atoms. The molecule has 0 heterocycles. The van der Waals surface area contributed by atoms with Crippen LogP contribution in [0.15, 0.2) is 47.4 Å². The van der Waals surface area contributed by atoms with Crippen molar-refractivity contribution in [1.82, 2.24) is 4.31 Å². The van der Waals surface area contributed by atoms with E-state index >= 15 is 0 Å². The molecule has 2 aromatic carbocycles. The normalized spacial score (nSPS) is 11.4. The van der Waals surface area contributed by atoms with Gasteiger partial charge in [0.1, 0.15) is 11.6 Å². The molecule has 27 heavy (non-hydrogen) atoms. The molecule has 6 nitrogen and oxygen atoms in total. The summed E-state index contributed by atoms with van der Waals surface area (Å²) in [4.78, 5) is 12.2. The van der Waals surface area contributed by atoms with Gasteiger partial charge in [0.25, 0.3) is 0 Å². The molecular formula is C18H20ClFN2O4S. The smallest absolute Gasteiger partial charge is 0.243 e. The van der Waals surface area contributed by atoms with Crippen molar-refractivity contribution in [2.45, 2.75) is 18.2 Å². The Morgan fingerprint density at radius 2 is 1.96 bits per heavy atom. The molecule has 0 aliphatic heterocycles. The second kappa shape index (κ2) is 9.16. The number of halogens is 2. The van der Waals surface area contributed by atoms with E-state index in [4.69, 9.17) is 16.3 Å². The number of nitrogens with zero attached hydrogens (tertiary/aromatic N) is 1. The van der Waals surface area contributed by atoms with Gasteiger partial charge in [-0.25, -0.2) is 12.8 Å². The van der Waals surface area contributed by atoms with Crippen LogP contribution >= 0.6 is 11.6 Å². The maximum absolute atomic E-state index is 13.3. The highest BCUT2D eigenvalue weighted by Crippen LogP contribution is 2.24. The maximum atomic E-state index is 13.3. The van der Waals surface area contributed by atoms with Crippen molar-refractivity contribution < 1.29 is 22.3 Å². The Labute approximate surface area is 162 Å². The van der Waals surface area contributed by atoms with Crippen LogP contribution < -0.4 is 10.1 Å². The van der Waals surface area contributed by atoms with Gasteiger partial charge in [0.05, 0.1) is 29.3 Å². The summed E-state index contributed by atoms with van der Waals surface area (Å²) in [6.45, 7) is 1.51. The number of amides is 1. The molecule has 0 aliphatic rings. The van der Waals surface area contributed by atoms with E-state index in [1.54, 1.807) is 31.2 Å². The van der Waals surface area contributed by atoms with Gasteiger partial charge in [-0.15, -0.1) is 0 Å². The van der Waals surface area contributed by atoms with E-state index in [1.165, 1.54) is 7.11 Å². The zero-order valence-electron chi connectivity index (χ0n) is 14.9. The van der Waals surface area contributed by atoms with Crippen LogP contribution in [-0.2, 0) is 14.8 Å². The number of methoxy groups -OCH3 is 1. The minimum atomic E-state index is -4.02. The number of benzene rings is 2. The molecule has 0 saturated carbocycles. The molecule has 2 rings (SSSR count). The monoisotopic (exact) mass is 414 g/mol. The van der Waals surface area contributed by atoms with Crippen LogP contribution in [0.5, 0.6) is 5.75 Å². The van der Waals surface area contributed by atoms with E-state index in [9.17, 15) is 17.6 Å². The van der Waals surface area contributed by atoms with Crippen LogP contribution in [0.3, 0.4) is 0 Å². The van der Waals surface area contributed by atoms with Crippen molar-refractivity contribution in [1.29, 1.82) is 0 Å². The number of carbonyl (C=O) groups excluding carboxylic acids is 1. The molecule has 146 valence electrons.